The predicted molar refractivity (Wildman–Crippen MR) is 75.3 cm³/mol. The number of nitrogens with one attached hydrogen (secondary N) is 1. The standard InChI is InChI=1S/C12H16BrN3S/c1-14-10(11-5-6-12(13)17-11)4-3-9-7-8-15-16(9)2/h5-8,10,14H,3-4H2,1-2H3. The van der Waals surface area contributed by atoms with Gasteiger partial charge in [-0.1, -0.05) is 0 Å². The molecule has 0 fully saturated rings. The van der Waals surface area contributed by atoms with Crippen LogP contribution in [0.1, 0.15) is 23.0 Å². The second-order valence-electron chi connectivity index (χ2n) is 3.97. The second-order valence-corrected chi connectivity index (χ2v) is 6.46. The quantitative estimate of drug-likeness (QED) is 0.919. The van der Waals surface area contributed by atoms with E-state index in [1.165, 1.54) is 14.4 Å². The van der Waals surface area contributed by atoms with E-state index < -0.39 is 0 Å². The number of aromatic nitrogens is 2. The van der Waals surface area contributed by atoms with E-state index in [0.717, 1.165) is 12.8 Å². The van der Waals surface area contributed by atoms with Crippen molar-refractivity contribution in [3.8, 4) is 0 Å². The summed E-state index contributed by atoms with van der Waals surface area (Å²) in [6.45, 7) is 0. The number of halogens is 1. The zero-order valence-corrected chi connectivity index (χ0v) is 12.4. The lowest BCUT2D eigenvalue weighted by atomic mass is 10.1. The predicted octanol–water partition coefficient (Wildman–Crippen LogP) is 3.14. The summed E-state index contributed by atoms with van der Waals surface area (Å²) in [7, 11) is 4.01. The van der Waals surface area contributed by atoms with E-state index in [-0.39, 0.29) is 0 Å². The number of thiophene rings is 1. The zero-order chi connectivity index (χ0) is 12.3. The molecular weight excluding hydrogens is 298 g/mol. The SMILES string of the molecule is CNC(CCc1ccnn1C)c1ccc(Br)s1. The van der Waals surface area contributed by atoms with Crippen molar-refractivity contribution in [2.75, 3.05) is 7.05 Å². The van der Waals surface area contributed by atoms with Crippen LogP contribution in [0.15, 0.2) is 28.2 Å². The summed E-state index contributed by atoms with van der Waals surface area (Å²) in [6.07, 6.45) is 3.98. The van der Waals surface area contributed by atoms with Gasteiger partial charge in [0.15, 0.2) is 0 Å². The minimum atomic E-state index is 0.418. The lowest BCUT2D eigenvalue weighted by Gasteiger charge is -2.14. The van der Waals surface area contributed by atoms with Gasteiger partial charge in [0.05, 0.1) is 3.79 Å². The van der Waals surface area contributed by atoms with Crippen LogP contribution in [0.2, 0.25) is 0 Å². The van der Waals surface area contributed by atoms with Crippen LogP contribution in [0.5, 0.6) is 0 Å². The van der Waals surface area contributed by atoms with Crippen molar-refractivity contribution in [2.24, 2.45) is 7.05 Å². The van der Waals surface area contributed by atoms with Gasteiger partial charge in [-0.25, -0.2) is 0 Å². The molecule has 1 atom stereocenters. The van der Waals surface area contributed by atoms with Crippen LogP contribution in [0.4, 0.5) is 0 Å². The molecule has 1 N–H and O–H groups in total. The molecule has 0 aliphatic carbocycles. The average Bonchev–Trinajstić information content (AvgIpc) is 2.90. The maximum absolute atomic E-state index is 4.19. The minimum absolute atomic E-state index is 0.418. The average molecular weight is 314 g/mol. The summed E-state index contributed by atoms with van der Waals surface area (Å²) in [6, 6.07) is 6.78. The fraction of sp³-hybridized carbons (Fsp3) is 0.417. The molecule has 1 unspecified atom stereocenters. The van der Waals surface area contributed by atoms with E-state index in [0.29, 0.717) is 6.04 Å². The number of aryl methyl sites for hydroxylation is 2. The van der Waals surface area contributed by atoms with Crippen LogP contribution in [-0.2, 0) is 13.5 Å². The van der Waals surface area contributed by atoms with Crippen molar-refractivity contribution in [2.45, 2.75) is 18.9 Å². The Kier molecular flexibility index (Phi) is 4.36. The highest BCUT2D eigenvalue weighted by Crippen LogP contribution is 2.29. The van der Waals surface area contributed by atoms with Gasteiger partial charge in [0.25, 0.3) is 0 Å². The summed E-state index contributed by atoms with van der Waals surface area (Å²) >= 11 is 5.30. The lowest BCUT2D eigenvalue weighted by Crippen LogP contribution is -2.16. The Hall–Kier alpha value is -0.650. The first-order valence-electron chi connectivity index (χ1n) is 5.60. The van der Waals surface area contributed by atoms with Gasteiger partial charge >= 0.3 is 0 Å². The number of nitrogens with zero attached hydrogens (tertiary/aromatic N) is 2. The monoisotopic (exact) mass is 313 g/mol. The highest BCUT2D eigenvalue weighted by atomic mass is 79.9. The van der Waals surface area contributed by atoms with E-state index in [2.05, 4.69) is 44.5 Å². The zero-order valence-electron chi connectivity index (χ0n) is 9.98. The fourth-order valence-electron chi connectivity index (χ4n) is 1.88. The Balaban J connectivity index is 1.99. The van der Waals surface area contributed by atoms with Gasteiger partial charge in [-0.05, 0) is 54.0 Å². The molecule has 0 saturated carbocycles. The van der Waals surface area contributed by atoms with Gasteiger partial charge in [0.1, 0.15) is 0 Å². The van der Waals surface area contributed by atoms with Crippen LogP contribution >= 0.6 is 27.3 Å². The molecule has 3 nitrogen and oxygen atoms in total. The van der Waals surface area contributed by atoms with Crippen LogP contribution in [0.25, 0.3) is 0 Å². The van der Waals surface area contributed by atoms with Gasteiger partial charge in [0, 0.05) is 29.9 Å². The molecule has 0 aliphatic heterocycles. The van der Waals surface area contributed by atoms with Crippen molar-refractivity contribution in [1.82, 2.24) is 15.1 Å². The third-order valence-corrected chi connectivity index (χ3v) is 4.63. The van der Waals surface area contributed by atoms with E-state index in [9.17, 15) is 0 Å². The first kappa shape index (κ1) is 12.8. The number of hydrogen-bond donors (Lipinski definition) is 1. The van der Waals surface area contributed by atoms with E-state index in [4.69, 9.17) is 0 Å². The van der Waals surface area contributed by atoms with Gasteiger partial charge in [-0.15, -0.1) is 11.3 Å². The van der Waals surface area contributed by atoms with Crippen LogP contribution in [0, 0.1) is 0 Å². The summed E-state index contributed by atoms with van der Waals surface area (Å²) < 4.78 is 3.13. The van der Waals surface area contributed by atoms with Crippen molar-refractivity contribution >= 4 is 27.3 Å². The third-order valence-electron chi connectivity index (χ3n) is 2.90. The molecule has 2 aromatic rings. The maximum atomic E-state index is 4.19. The molecular formula is C12H16BrN3S. The van der Waals surface area contributed by atoms with Crippen LogP contribution in [0.3, 0.4) is 0 Å². The molecule has 5 heteroatoms. The molecule has 0 aliphatic rings. The first-order chi connectivity index (χ1) is 8.20. The molecule has 0 bridgehead atoms. The molecule has 2 aromatic heterocycles. The van der Waals surface area contributed by atoms with Crippen LogP contribution < -0.4 is 5.32 Å². The van der Waals surface area contributed by atoms with Gasteiger partial charge in [-0.3, -0.25) is 4.68 Å². The molecule has 0 amide bonds. The molecule has 0 aromatic carbocycles. The Labute approximate surface area is 114 Å². The molecule has 0 radical (unpaired) electrons. The molecule has 0 spiro atoms. The van der Waals surface area contributed by atoms with E-state index in [1.807, 2.05) is 25.0 Å². The van der Waals surface area contributed by atoms with Crippen molar-refractivity contribution in [1.29, 1.82) is 0 Å². The highest BCUT2D eigenvalue weighted by Gasteiger charge is 2.12. The van der Waals surface area contributed by atoms with E-state index in [1.54, 1.807) is 11.3 Å². The van der Waals surface area contributed by atoms with Gasteiger partial charge < -0.3 is 5.32 Å². The maximum Gasteiger partial charge on any atom is 0.0701 e. The molecule has 92 valence electrons. The van der Waals surface area contributed by atoms with Gasteiger partial charge in [-0.2, -0.15) is 5.10 Å². The van der Waals surface area contributed by atoms with E-state index >= 15 is 0 Å². The Bertz CT molecular complexity index is 478. The first-order valence-corrected chi connectivity index (χ1v) is 7.21. The third kappa shape index (κ3) is 3.18. The molecule has 0 saturated heterocycles. The lowest BCUT2D eigenvalue weighted by molar-refractivity contribution is 0.543. The Morgan fingerprint density at radius 3 is 2.82 bits per heavy atom. The molecule has 2 rings (SSSR count). The smallest absolute Gasteiger partial charge is 0.0701 e. The minimum Gasteiger partial charge on any atom is -0.312 e. The number of hydrogen-bond acceptors (Lipinski definition) is 3. The normalized spacial score (nSPS) is 12.9. The number of rotatable bonds is 5. The molecule has 2 heterocycles. The topological polar surface area (TPSA) is 29.9 Å². The van der Waals surface area contributed by atoms with Crippen molar-refractivity contribution in [3.05, 3.63) is 38.8 Å². The molecule has 17 heavy (non-hydrogen) atoms. The highest BCUT2D eigenvalue weighted by molar-refractivity contribution is 9.11. The second kappa shape index (κ2) is 5.80. The summed E-state index contributed by atoms with van der Waals surface area (Å²) in [4.78, 5) is 1.38. The Morgan fingerprint density at radius 1 is 1.47 bits per heavy atom. The Morgan fingerprint density at radius 2 is 2.29 bits per heavy atom. The fourth-order valence-corrected chi connectivity index (χ4v) is 3.45. The summed E-state index contributed by atoms with van der Waals surface area (Å²) in [5.41, 5.74) is 1.28. The van der Waals surface area contributed by atoms with Crippen molar-refractivity contribution < 1.29 is 0 Å². The summed E-state index contributed by atoms with van der Waals surface area (Å²) in [5.74, 6) is 0. The van der Waals surface area contributed by atoms with Crippen LogP contribution in [-0.4, -0.2) is 16.8 Å². The summed E-state index contributed by atoms with van der Waals surface area (Å²) in [5, 5.41) is 7.56. The van der Waals surface area contributed by atoms with Gasteiger partial charge in [0.2, 0.25) is 0 Å². The largest absolute Gasteiger partial charge is 0.312 e. The van der Waals surface area contributed by atoms with Crippen molar-refractivity contribution in [3.63, 3.8) is 0 Å².